The van der Waals surface area contributed by atoms with Crippen molar-refractivity contribution in [2.75, 3.05) is 11.4 Å². The summed E-state index contributed by atoms with van der Waals surface area (Å²) in [6, 6.07) is 28.2. The number of anilines is 1. The Bertz CT molecular complexity index is 1510. The van der Waals surface area contributed by atoms with Crippen LogP contribution in [0.5, 0.6) is 0 Å². The summed E-state index contributed by atoms with van der Waals surface area (Å²) in [6.45, 7) is 5.92. The molecule has 1 atom stereocenters. The molecule has 1 unspecified atom stereocenters. The van der Waals surface area contributed by atoms with Crippen molar-refractivity contribution in [3.63, 3.8) is 0 Å². The fourth-order valence-corrected chi connectivity index (χ4v) is 5.19. The van der Waals surface area contributed by atoms with Crippen LogP contribution in [0.1, 0.15) is 40.9 Å². The maximum absolute atomic E-state index is 14.2. The summed E-state index contributed by atoms with van der Waals surface area (Å²) < 4.78 is 0. The molecule has 1 aliphatic heterocycles. The highest BCUT2D eigenvalue weighted by Gasteiger charge is 2.35. The average Bonchev–Trinajstić information content (AvgIpc) is 3.19. The Morgan fingerprint density at radius 2 is 1.54 bits per heavy atom. The number of hydrogen-bond donors (Lipinski definition) is 1. The van der Waals surface area contributed by atoms with Crippen LogP contribution >= 0.6 is 0 Å². The standard InChI is InChI=1S/C33H33N3O3/c1-22(2)34-32(38)29(19-24-9-5-4-6-10-24)35(20-25-17-15-23(3)16-18-25)30(37)21-36-28-14-8-12-26-11-7-13-27(31(26)28)33(36)39/h4-18,22,29H,19-21H2,1-3H3,(H,34,38). The van der Waals surface area contributed by atoms with Gasteiger partial charge in [-0.3, -0.25) is 19.3 Å². The Hall–Kier alpha value is -4.45. The van der Waals surface area contributed by atoms with Crippen LogP contribution in [0.15, 0.2) is 91.0 Å². The van der Waals surface area contributed by atoms with Gasteiger partial charge in [0, 0.05) is 30.0 Å². The molecule has 4 aromatic carbocycles. The highest BCUT2D eigenvalue weighted by Crippen LogP contribution is 2.37. The number of carbonyl (C=O) groups excluding carboxylic acids is 3. The fourth-order valence-electron chi connectivity index (χ4n) is 5.19. The average molecular weight is 520 g/mol. The summed E-state index contributed by atoms with van der Waals surface area (Å²) in [7, 11) is 0. The van der Waals surface area contributed by atoms with Gasteiger partial charge >= 0.3 is 0 Å². The first-order valence-electron chi connectivity index (χ1n) is 13.3. The highest BCUT2D eigenvalue weighted by atomic mass is 16.2. The van der Waals surface area contributed by atoms with Crippen molar-refractivity contribution in [1.82, 2.24) is 10.2 Å². The van der Waals surface area contributed by atoms with Crippen LogP contribution < -0.4 is 10.2 Å². The van der Waals surface area contributed by atoms with Gasteiger partial charge in [0.05, 0.1) is 5.69 Å². The van der Waals surface area contributed by atoms with Gasteiger partial charge in [-0.25, -0.2) is 0 Å². The van der Waals surface area contributed by atoms with Gasteiger partial charge in [-0.1, -0.05) is 84.4 Å². The quantitative estimate of drug-likeness (QED) is 0.327. The predicted molar refractivity (Wildman–Crippen MR) is 155 cm³/mol. The molecule has 1 N–H and O–H groups in total. The molecule has 39 heavy (non-hydrogen) atoms. The number of aryl methyl sites for hydroxylation is 1. The molecule has 1 heterocycles. The third kappa shape index (κ3) is 5.55. The SMILES string of the molecule is Cc1ccc(CN(C(=O)CN2C(=O)c3cccc4cccc2c34)C(Cc2ccccc2)C(=O)NC(C)C)cc1. The van der Waals surface area contributed by atoms with Crippen molar-refractivity contribution in [2.45, 2.75) is 45.8 Å². The summed E-state index contributed by atoms with van der Waals surface area (Å²) in [6.07, 6.45) is 0.362. The molecule has 4 aromatic rings. The van der Waals surface area contributed by atoms with E-state index < -0.39 is 6.04 Å². The van der Waals surface area contributed by atoms with Crippen LogP contribution in [0.4, 0.5) is 5.69 Å². The summed E-state index contributed by atoms with van der Waals surface area (Å²) >= 11 is 0. The van der Waals surface area contributed by atoms with E-state index in [0.717, 1.165) is 33.2 Å². The second-order valence-electron chi connectivity index (χ2n) is 10.4. The van der Waals surface area contributed by atoms with E-state index in [2.05, 4.69) is 5.32 Å². The molecule has 0 aromatic heterocycles. The van der Waals surface area contributed by atoms with Crippen molar-refractivity contribution < 1.29 is 14.4 Å². The van der Waals surface area contributed by atoms with Crippen LogP contribution in [-0.4, -0.2) is 41.2 Å². The molecule has 1 aliphatic rings. The number of benzene rings is 4. The van der Waals surface area contributed by atoms with E-state index in [1.54, 1.807) is 15.9 Å². The van der Waals surface area contributed by atoms with E-state index in [4.69, 9.17) is 0 Å². The highest BCUT2D eigenvalue weighted by molar-refractivity contribution is 6.26. The second-order valence-corrected chi connectivity index (χ2v) is 10.4. The molecule has 3 amide bonds. The molecule has 0 fully saturated rings. The van der Waals surface area contributed by atoms with E-state index in [1.165, 1.54) is 0 Å². The Labute approximate surface area is 229 Å². The number of hydrogen-bond acceptors (Lipinski definition) is 3. The van der Waals surface area contributed by atoms with E-state index in [9.17, 15) is 14.4 Å². The molecular weight excluding hydrogens is 486 g/mol. The summed E-state index contributed by atoms with van der Waals surface area (Å²) in [5, 5.41) is 4.84. The monoisotopic (exact) mass is 519 g/mol. The molecule has 0 saturated heterocycles. The van der Waals surface area contributed by atoms with Crippen molar-refractivity contribution in [1.29, 1.82) is 0 Å². The van der Waals surface area contributed by atoms with Crippen molar-refractivity contribution >= 4 is 34.2 Å². The van der Waals surface area contributed by atoms with Crippen LogP contribution in [0.3, 0.4) is 0 Å². The topological polar surface area (TPSA) is 69.7 Å². The van der Waals surface area contributed by atoms with Gasteiger partial charge in [-0.15, -0.1) is 0 Å². The summed E-state index contributed by atoms with van der Waals surface area (Å²) in [5.41, 5.74) is 4.31. The number of nitrogens with zero attached hydrogens (tertiary/aromatic N) is 2. The molecule has 0 aliphatic carbocycles. The molecule has 6 heteroatoms. The number of amides is 3. The van der Waals surface area contributed by atoms with Gasteiger partial charge in [0.1, 0.15) is 12.6 Å². The Balaban J connectivity index is 1.51. The molecule has 0 bridgehead atoms. The lowest BCUT2D eigenvalue weighted by atomic mass is 10.0. The first-order valence-corrected chi connectivity index (χ1v) is 13.3. The van der Waals surface area contributed by atoms with Gasteiger partial charge in [-0.05, 0) is 49.4 Å². The van der Waals surface area contributed by atoms with Gasteiger partial charge in [0.2, 0.25) is 11.8 Å². The van der Waals surface area contributed by atoms with E-state index in [-0.39, 0.29) is 36.9 Å². The zero-order valence-corrected chi connectivity index (χ0v) is 22.6. The minimum Gasteiger partial charge on any atom is -0.352 e. The normalized spacial score (nSPS) is 13.1. The second kappa shape index (κ2) is 11.1. The lowest BCUT2D eigenvalue weighted by molar-refractivity contribution is -0.140. The van der Waals surface area contributed by atoms with Gasteiger partial charge in [0.25, 0.3) is 5.91 Å². The minimum absolute atomic E-state index is 0.0839. The van der Waals surface area contributed by atoms with Crippen LogP contribution in [-0.2, 0) is 22.6 Å². The molecule has 6 nitrogen and oxygen atoms in total. The lowest BCUT2D eigenvalue weighted by Crippen LogP contribution is -2.54. The molecule has 0 radical (unpaired) electrons. The largest absolute Gasteiger partial charge is 0.352 e. The molecular formula is C33H33N3O3. The summed E-state index contributed by atoms with van der Waals surface area (Å²) in [5.74, 6) is -0.697. The minimum atomic E-state index is -0.750. The number of rotatable bonds is 9. The van der Waals surface area contributed by atoms with Crippen molar-refractivity contribution in [3.05, 3.63) is 113 Å². The lowest BCUT2D eigenvalue weighted by Gasteiger charge is -2.33. The van der Waals surface area contributed by atoms with Crippen molar-refractivity contribution in [3.8, 4) is 0 Å². The predicted octanol–water partition coefficient (Wildman–Crippen LogP) is 5.27. The molecule has 0 spiro atoms. The van der Waals surface area contributed by atoms with Gasteiger partial charge in [-0.2, -0.15) is 0 Å². The Kier molecular flexibility index (Phi) is 7.46. The van der Waals surface area contributed by atoms with Crippen LogP contribution in [0.2, 0.25) is 0 Å². The Morgan fingerprint density at radius 3 is 2.23 bits per heavy atom. The van der Waals surface area contributed by atoms with E-state index in [0.29, 0.717) is 12.0 Å². The van der Waals surface area contributed by atoms with E-state index in [1.807, 2.05) is 106 Å². The van der Waals surface area contributed by atoms with Crippen LogP contribution in [0.25, 0.3) is 10.8 Å². The molecule has 0 saturated carbocycles. The maximum Gasteiger partial charge on any atom is 0.259 e. The number of carbonyl (C=O) groups is 3. The first kappa shape index (κ1) is 26.2. The van der Waals surface area contributed by atoms with E-state index >= 15 is 0 Å². The zero-order chi connectivity index (χ0) is 27.5. The van der Waals surface area contributed by atoms with Gasteiger partial charge < -0.3 is 10.2 Å². The smallest absolute Gasteiger partial charge is 0.259 e. The number of nitrogens with one attached hydrogen (secondary N) is 1. The maximum atomic E-state index is 14.2. The third-order valence-electron chi connectivity index (χ3n) is 7.12. The Morgan fingerprint density at radius 1 is 0.846 bits per heavy atom. The van der Waals surface area contributed by atoms with Gasteiger partial charge in [0.15, 0.2) is 0 Å². The molecule has 198 valence electrons. The first-order chi connectivity index (χ1) is 18.8. The van der Waals surface area contributed by atoms with Crippen LogP contribution in [0, 0.1) is 6.92 Å². The van der Waals surface area contributed by atoms with Crippen molar-refractivity contribution in [2.24, 2.45) is 0 Å². The third-order valence-corrected chi connectivity index (χ3v) is 7.12. The molecule has 5 rings (SSSR count). The fraction of sp³-hybridized carbons (Fsp3) is 0.242. The zero-order valence-electron chi connectivity index (χ0n) is 22.6. The summed E-state index contributed by atoms with van der Waals surface area (Å²) in [4.78, 5) is 44.4.